The van der Waals surface area contributed by atoms with Crippen LogP contribution in [0.4, 0.5) is 0 Å². The van der Waals surface area contributed by atoms with Crippen molar-refractivity contribution in [3.8, 4) is 0 Å². The molecule has 1 aliphatic heterocycles. The fourth-order valence-corrected chi connectivity index (χ4v) is 2.15. The van der Waals surface area contributed by atoms with Crippen molar-refractivity contribution in [3.05, 3.63) is 0 Å². The van der Waals surface area contributed by atoms with Crippen molar-refractivity contribution >= 4 is 11.8 Å². The Balaban J connectivity index is 1.99. The van der Waals surface area contributed by atoms with E-state index in [4.69, 9.17) is 9.47 Å². The Bertz CT molecular complexity index is 136. The molecular formula is C9H19NO2S. The molecule has 1 aliphatic rings. The topological polar surface area (TPSA) is 21.7 Å². The molecule has 1 rings (SSSR count). The standard InChI is InChI=1S/C9H19NO2S/c1-8(10(2)3)6-13-7-9-11-4-5-12-9/h8-9H,4-7H2,1-3H3/t8-/m0/s1. The van der Waals surface area contributed by atoms with Crippen LogP contribution >= 0.6 is 11.8 Å². The van der Waals surface area contributed by atoms with Gasteiger partial charge in [-0.25, -0.2) is 0 Å². The van der Waals surface area contributed by atoms with Gasteiger partial charge < -0.3 is 14.4 Å². The fraction of sp³-hybridized carbons (Fsp3) is 1.00. The van der Waals surface area contributed by atoms with Crippen molar-refractivity contribution in [1.82, 2.24) is 4.90 Å². The zero-order valence-corrected chi connectivity index (χ0v) is 9.47. The van der Waals surface area contributed by atoms with E-state index in [1.54, 1.807) is 0 Å². The molecule has 4 heteroatoms. The lowest BCUT2D eigenvalue weighted by atomic mass is 10.4. The van der Waals surface area contributed by atoms with E-state index in [1.165, 1.54) is 0 Å². The van der Waals surface area contributed by atoms with Gasteiger partial charge in [0.25, 0.3) is 0 Å². The van der Waals surface area contributed by atoms with Crippen LogP contribution in [0.1, 0.15) is 6.92 Å². The SMILES string of the molecule is C[C@@H](CSCC1OCCO1)N(C)C. The second-order valence-electron chi connectivity index (χ2n) is 3.52. The van der Waals surface area contributed by atoms with Gasteiger partial charge in [-0.15, -0.1) is 0 Å². The van der Waals surface area contributed by atoms with Crippen molar-refractivity contribution in [1.29, 1.82) is 0 Å². The molecule has 78 valence electrons. The largest absolute Gasteiger partial charge is 0.349 e. The Labute approximate surface area is 84.8 Å². The van der Waals surface area contributed by atoms with Crippen LogP contribution in [0, 0.1) is 0 Å². The van der Waals surface area contributed by atoms with Gasteiger partial charge in [-0.2, -0.15) is 11.8 Å². The van der Waals surface area contributed by atoms with Crippen molar-refractivity contribution in [2.24, 2.45) is 0 Å². The molecule has 0 aromatic carbocycles. The number of rotatable bonds is 5. The van der Waals surface area contributed by atoms with Gasteiger partial charge in [-0.3, -0.25) is 0 Å². The molecule has 0 amide bonds. The molecule has 1 atom stereocenters. The summed E-state index contributed by atoms with van der Waals surface area (Å²) in [6.07, 6.45) is 0.0411. The highest BCUT2D eigenvalue weighted by molar-refractivity contribution is 7.99. The molecule has 0 aromatic rings. The van der Waals surface area contributed by atoms with Crippen LogP contribution in [-0.2, 0) is 9.47 Å². The van der Waals surface area contributed by atoms with E-state index in [1.807, 2.05) is 11.8 Å². The van der Waals surface area contributed by atoms with E-state index in [2.05, 4.69) is 25.9 Å². The molecular weight excluding hydrogens is 186 g/mol. The number of hydrogen-bond acceptors (Lipinski definition) is 4. The van der Waals surface area contributed by atoms with E-state index in [9.17, 15) is 0 Å². The monoisotopic (exact) mass is 205 g/mol. The average molecular weight is 205 g/mol. The summed E-state index contributed by atoms with van der Waals surface area (Å²) < 4.78 is 10.7. The van der Waals surface area contributed by atoms with Crippen molar-refractivity contribution in [3.63, 3.8) is 0 Å². The maximum atomic E-state index is 5.34. The van der Waals surface area contributed by atoms with Gasteiger partial charge in [-0.1, -0.05) is 0 Å². The highest BCUT2D eigenvalue weighted by atomic mass is 32.2. The van der Waals surface area contributed by atoms with Crippen LogP contribution in [0.2, 0.25) is 0 Å². The van der Waals surface area contributed by atoms with E-state index >= 15 is 0 Å². The third-order valence-electron chi connectivity index (χ3n) is 2.19. The first kappa shape index (κ1) is 11.3. The first-order chi connectivity index (χ1) is 6.20. The molecule has 0 N–H and O–H groups in total. The molecule has 0 bridgehead atoms. The number of nitrogens with zero attached hydrogens (tertiary/aromatic N) is 1. The zero-order chi connectivity index (χ0) is 9.68. The molecule has 0 radical (unpaired) electrons. The van der Waals surface area contributed by atoms with Gasteiger partial charge in [-0.05, 0) is 21.0 Å². The van der Waals surface area contributed by atoms with Crippen LogP contribution in [0.3, 0.4) is 0 Å². The van der Waals surface area contributed by atoms with Crippen molar-refractivity contribution in [2.45, 2.75) is 19.3 Å². The predicted molar refractivity (Wildman–Crippen MR) is 56.2 cm³/mol. The summed E-state index contributed by atoms with van der Waals surface area (Å²) >= 11 is 1.90. The lowest BCUT2D eigenvalue weighted by molar-refractivity contribution is -0.0214. The van der Waals surface area contributed by atoms with Gasteiger partial charge >= 0.3 is 0 Å². The van der Waals surface area contributed by atoms with Crippen LogP contribution in [0.25, 0.3) is 0 Å². The molecule has 0 aromatic heterocycles. The minimum absolute atomic E-state index is 0.0411. The first-order valence-electron chi connectivity index (χ1n) is 4.67. The van der Waals surface area contributed by atoms with E-state index in [0.29, 0.717) is 6.04 Å². The predicted octanol–water partition coefficient (Wildman–Crippen LogP) is 1.04. The Hall–Kier alpha value is 0.230. The smallest absolute Gasteiger partial charge is 0.166 e. The maximum Gasteiger partial charge on any atom is 0.166 e. The Kier molecular flexibility index (Phi) is 5.09. The Morgan fingerprint density at radius 2 is 2.00 bits per heavy atom. The highest BCUT2D eigenvalue weighted by Gasteiger charge is 2.16. The molecule has 0 spiro atoms. The van der Waals surface area contributed by atoms with E-state index in [-0.39, 0.29) is 6.29 Å². The third kappa shape index (κ3) is 4.31. The van der Waals surface area contributed by atoms with Crippen LogP contribution in [-0.4, -0.2) is 56.0 Å². The van der Waals surface area contributed by atoms with E-state index in [0.717, 1.165) is 24.7 Å². The molecule has 1 heterocycles. The molecule has 13 heavy (non-hydrogen) atoms. The summed E-state index contributed by atoms with van der Waals surface area (Å²) in [4.78, 5) is 2.23. The average Bonchev–Trinajstić information content (AvgIpc) is 2.56. The summed E-state index contributed by atoms with van der Waals surface area (Å²) in [6.45, 7) is 3.74. The van der Waals surface area contributed by atoms with Crippen LogP contribution in [0.5, 0.6) is 0 Å². The van der Waals surface area contributed by atoms with Gasteiger partial charge in [0.2, 0.25) is 0 Å². The molecule has 3 nitrogen and oxygen atoms in total. The summed E-state index contributed by atoms with van der Waals surface area (Å²) in [5.74, 6) is 2.09. The maximum absolute atomic E-state index is 5.34. The fourth-order valence-electron chi connectivity index (χ4n) is 0.987. The normalized spacial score (nSPS) is 21.2. The zero-order valence-electron chi connectivity index (χ0n) is 8.66. The second kappa shape index (κ2) is 5.86. The van der Waals surface area contributed by atoms with Crippen molar-refractivity contribution in [2.75, 3.05) is 38.8 Å². The molecule has 0 saturated carbocycles. The third-order valence-corrected chi connectivity index (χ3v) is 3.41. The molecule has 0 unspecified atom stereocenters. The minimum Gasteiger partial charge on any atom is -0.349 e. The summed E-state index contributed by atoms with van der Waals surface area (Å²) in [6, 6.07) is 0.617. The summed E-state index contributed by atoms with van der Waals surface area (Å²) in [5, 5.41) is 0. The number of thioether (sulfide) groups is 1. The van der Waals surface area contributed by atoms with Crippen molar-refractivity contribution < 1.29 is 9.47 Å². The first-order valence-corrected chi connectivity index (χ1v) is 5.83. The molecule has 1 fully saturated rings. The van der Waals surface area contributed by atoms with Gasteiger partial charge in [0.15, 0.2) is 6.29 Å². The van der Waals surface area contributed by atoms with Crippen LogP contribution in [0.15, 0.2) is 0 Å². The summed E-state index contributed by atoms with van der Waals surface area (Å²) in [5.41, 5.74) is 0. The highest BCUT2D eigenvalue weighted by Crippen LogP contribution is 2.13. The van der Waals surface area contributed by atoms with E-state index < -0.39 is 0 Å². The Morgan fingerprint density at radius 3 is 2.54 bits per heavy atom. The van der Waals surface area contributed by atoms with Crippen LogP contribution < -0.4 is 0 Å². The molecule has 0 aliphatic carbocycles. The van der Waals surface area contributed by atoms with Gasteiger partial charge in [0, 0.05) is 17.5 Å². The number of ether oxygens (including phenoxy) is 2. The lowest BCUT2D eigenvalue weighted by Crippen LogP contribution is -2.27. The van der Waals surface area contributed by atoms with Gasteiger partial charge in [0.1, 0.15) is 0 Å². The lowest BCUT2D eigenvalue weighted by Gasteiger charge is -2.19. The Morgan fingerprint density at radius 1 is 1.38 bits per heavy atom. The second-order valence-corrected chi connectivity index (χ2v) is 4.60. The minimum atomic E-state index is 0.0411. The quantitative estimate of drug-likeness (QED) is 0.668. The number of hydrogen-bond donors (Lipinski definition) is 0. The molecule has 1 saturated heterocycles. The van der Waals surface area contributed by atoms with Gasteiger partial charge in [0.05, 0.1) is 13.2 Å². The summed E-state index contributed by atoms with van der Waals surface area (Å²) in [7, 11) is 4.21.